The second-order valence-electron chi connectivity index (χ2n) is 4.01. The fourth-order valence-electron chi connectivity index (χ4n) is 1.44. The molecule has 2 rings (SSSR count). The molecule has 0 aliphatic rings. The summed E-state index contributed by atoms with van der Waals surface area (Å²) in [5.74, 6) is -0.648. The number of thiazole rings is 1. The molecule has 0 bridgehead atoms. The zero-order valence-corrected chi connectivity index (χ0v) is 10.9. The Hall–Kier alpha value is -1.83. The van der Waals surface area contributed by atoms with E-state index in [2.05, 4.69) is 20.5 Å². The Labute approximate surface area is 107 Å². The van der Waals surface area contributed by atoms with Crippen LogP contribution in [0, 0.1) is 12.8 Å². The topological polar surface area (TPSA) is 93.8 Å². The van der Waals surface area contributed by atoms with Crippen LogP contribution in [-0.2, 0) is 11.3 Å². The van der Waals surface area contributed by atoms with Gasteiger partial charge in [-0.3, -0.25) is 4.79 Å². The lowest BCUT2D eigenvalue weighted by atomic mass is 10.1. The monoisotopic (exact) mass is 267 g/mol. The Morgan fingerprint density at radius 2 is 2.39 bits per heavy atom. The average Bonchev–Trinajstić information content (AvgIpc) is 2.93. The number of aryl methyl sites for hydroxylation is 2. The molecule has 0 fully saturated rings. The summed E-state index contributed by atoms with van der Waals surface area (Å²) in [6.07, 6.45) is 0.483. The third-order valence-corrected chi connectivity index (χ3v) is 3.35. The van der Waals surface area contributed by atoms with E-state index in [1.807, 2.05) is 12.3 Å². The number of nitrogens with zero attached hydrogens (tertiary/aromatic N) is 5. The summed E-state index contributed by atoms with van der Waals surface area (Å²) in [7, 11) is 0. The number of tetrazole rings is 1. The van der Waals surface area contributed by atoms with Crippen LogP contribution in [-0.4, -0.2) is 36.3 Å². The van der Waals surface area contributed by atoms with E-state index in [4.69, 9.17) is 5.11 Å². The molecular formula is C10H13N5O2S. The number of carboxylic acids is 1. The fraction of sp³-hybridized carbons (Fsp3) is 0.500. The quantitative estimate of drug-likeness (QED) is 0.875. The van der Waals surface area contributed by atoms with Gasteiger partial charge < -0.3 is 5.11 Å². The third-order valence-electron chi connectivity index (χ3n) is 2.58. The number of rotatable bonds is 5. The number of hydrogen-bond donors (Lipinski definition) is 1. The lowest BCUT2D eigenvalue weighted by molar-refractivity contribution is -0.141. The summed E-state index contributed by atoms with van der Waals surface area (Å²) in [6, 6.07) is 0. The molecule has 0 amide bonds. The normalized spacial score (nSPS) is 12.6. The van der Waals surface area contributed by atoms with Gasteiger partial charge >= 0.3 is 5.97 Å². The van der Waals surface area contributed by atoms with Crippen molar-refractivity contribution in [2.45, 2.75) is 26.8 Å². The van der Waals surface area contributed by atoms with Crippen molar-refractivity contribution in [2.75, 3.05) is 0 Å². The van der Waals surface area contributed by atoms with Crippen LogP contribution in [0.3, 0.4) is 0 Å². The molecule has 1 N–H and O–H groups in total. The Morgan fingerprint density at radius 1 is 1.61 bits per heavy atom. The SMILES string of the molecule is Cc1nc(-c2nnnn2CCC(C)C(=O)O)cs1. The molecule has 1 atom stereocenters. The number of carboxylic acid groups (broad SMARTS) is 1. The summed E-state index contributed by atoms with van der Waals surface area (Å²) in [5.41, 5.74) is 0.727. The molecule has 18 heavy (non-hydrogen) atoms. The van der Waals surface area contributed by atoms with Crippen LogP contribution in [0.15, 0.2) is 5.38 Å². The van der Waals surface area contributed by atoms with E-state index in [0.29, 0.717) is 18.8 Å². The second-order valence-corrected chi connectivity index (χ2v) is 5.07. The summed E-state index contributed by atoms with van der Waals surface area (Å²) in [6.45, 7) is 4.04. The Morgan fingerprint density at radius 3 is 3.00 bits per heavy atom. The Balaban J connectivity index is 2.11. The molecule has 96 valence electrons. The first-order valence-electron chi connectivity index (χ1n) is 5.49. The van der Waals surface area contributed by atoms with Gasteiger partial charge in [-0.1, -0.05) is 6.92 Å². The van der Waals surface area contributed by atoms with Gasteiger partial charge in [-0.25, -0.2) is 9.67 Å². The van der Waals surface area contributed by atoms with Crippen LogP contribution in [0.2, 0.25) is 0 Å². The van der Waals surface area contributed by atoms with Crippen LogP contribution in [0.1, 0.15) is 18.4 Å². The van der Waals surface area contributed by atoms with Crippen LogP contribution < -0.4 is 0 Å². The van der Waals surface area contributed by atoms with Gasteiger partial charge in [0.2, 0.25) is 5.82 Å². The smallest absolute Gasteiger partial charge is 0.306 e. The van der Waals surface area contributed by atoms with Crippen molar-refractivity contribution < 1.29 is 9.90 Å². The minimum Gasteiger partial charge on any atom is -0.481 e. The van der Waals surface area contributed by atoms with Gasteiger partial charge in [0, 0.05) is 11.9 Å². The molecule has 0 saturated carbocycles. The highest BCUT2D eigenvalue weighted by Gasteiger charge is 2.15. The van der Waals surface area contributed by atoms with E-state index in [1.165, 1.54) is 11.3 Å². The molecular weight excluding hydrogens is 254 g/mol. The van der Waals surface area contributed by atoms with Crippen molar-refractivity contribution in [3.63, 3.8) is 0 Å². The summed E-state index contributed by atoms with van der Waals surface area (Å²) >= 11 is 1.53. The van der Waals surface area contributed by atoms with Crippen molar-refractivity contribution >= 4 is 17.3 Å². The first-order valence-corrected chi connectivity index (χ1v) is 6.37. The highest BCUT2D eigenvalue weighted by atomic mass is 32.1. The minimum atomic E-state index is -0.811. The maximum Gasteiger partial charge on any atom is 0.306 e. The lowest BCUT2D eigenvalue weighted by Crippen LogP contribution is -2.14. The van der Waals surface area contributed by atoms with Crippen molar-refractivity contribution in [1.29, 1.82) is 0 Å². The van der Waals surface area contributed by atoms with Crippen LogP contribution >= 0.6 is 11.3 Å². The van der Waals surface area contributed by atoms with Crippen LogP contribution in [0.25, 0.3) is 11.5 Å². The van der Waals surface area contributed by atoms with Gasteiger partial charge in [-0.05, 0) is 23.8 Å². The van der Waals surface area contributed by atoms with Crippen LogP contribution in [0.5, 0.6) is 0 Å². The third kappa shape index (κ3) is 2.70. The van der Waals surface area contributed by atoms with E-state index in [9.17, 15) is 4.79 Å². The van der Waals surface area contributed by atoms with Gasteiger partial charge in [0.1, 0.15) is 5.69 Å². The predicted octanol–water partition coefficient (Wildman–Crippen LogP) is 1.22. The molecule has 0 radical (unpaired) electrons. The van der Waals surface area contributed by atoms with Gasteiger partial charge in [-0.15, -0.1) is 16.4 Å². The first-order chi connectivity index (χ1) is 8.58. The Bertz CT molecular complexity index is 550. The zero-order chi connectivity index (χ0) is 13.1. The molecule has 0 aromatic carbocycles. The first kappa shape index (κ1) is 12.6. The number of hydrogen-bond acceptors (Lipinski definition) is 6. The summed E-state index contributed by atoms with van der Waals surface area (Å²) < 4.78 is 1.59. The van der Waals surface area contributed by atoms with E-state index in [0.717, 1.165) is 10.7 Å². The lowest BCUT2D eigenvalue weighted by Gasteiger charge is -2.06. The highest BCUT2D eigenvalue weighted by Crippen LogP contribution is 2.19. The van der Waals surface area contributed by atoms with Crippen LogP contribution in [0.4, 0.5) is 0 Å². The van der Waals surface area contributed by atoms with E-state index in [-0.39, 0.29) is 0 Å². The van der Waals surface area contributed by atoms with Crippen molar-refractivity contribution in [1.82, 2.24) is 25.2 Å². The second kappa shape index (κ2) is 5.21. The van der Waals surface area contributed by atoms with Gasteiger partial charge in [0.15, 0.2) is 0 Å². The molecule has 7 nitrogen and oxygen atoms in total. The van der Waals surface area contributed by atoms with E-state index < -0.39 is 11.9 Å². The fourth-order valence-corrected chi connectivity index (χ4v) is 2.04. The number of aromatic nitrogens is 5. The molecule has 8 heteroatoms. The highest BCUT2D eigenvalue weighted by molar-refractivity contribution is 7.09. The summed E-state index contributed by atoms with van der Waals surface area (Å²) in [5, 5.41) is 23.1. The maximum absolute atomic E-state index is 10.7. The molecule has 0 saturated heterocycles. The molecule has 2 aromatic rings. The molecule has 2 aromatic heterocycles. The van der Waals surface area contributed by atoms with Crippen molar-refractivity contribution in [2.24, 2.45) is 5.92 Å². The molecule has 2 heterocycles. The van der Waals surface area contributed by atoms with Crippen molar-refractivity contribution in [3.8, 4) is 11.5 Å². The largest absolute Gasteiger partial charge is 0.481 e. The predicted molar refractivity (Wildman–Crippen MR) is 65.1 cm³/mol. The van der Waals surface area contributed by atoms with E-state index in [1.54, 1.807) is 11.6 Å². The van der Waals surface area contributed by atoms with E-state index >= 15 is 0 Å². The summed E-state index contributed by atoms with van der Waals surface area (Å²) in [4.78, 5) is 15.1. The Kier molecular flexibility index (Phi) is 3.66. The average molecular weight is 267 g/mol. The molecule has 0 spiro atoms. The molecule has 1 unspecified atom stereocenters. The molecule has 0 aliphatic carbocycles. The zero-order valence-electron chi connectivity index (χ0n) is 10.1. The number of aliphatic carboxylic acids is 1. The number of carbonyl (C=O) groups is 1. The standard InChI is InChI=1S/C10H13N5O2S/c1-6(10(16)17)3-4-15-9(12-13-14-15)8-5-18-7(2)11-8/h5-6H,3-4H2,1-2H3,(H,16,17). The van der Waals surface area contributed by atoms with Crippen molar-refractivity contribution in [3.05, 3.63) is 10.4 Å². The minimum absolute atomic E-state index is 0.417. The van der Waals surface area contributed by atoms with Gasteiger partial charge in [-0.2, -0.15) is 0 Å². The van der Waals surface area contributed by atoms with Gasteiger partial charge in [0.25, 0.3) is 0 Å². The van der Waals surface area contributed by atoms with Gasteiger partial charge in [0.05, 0.1) is 10.9 Å². The maximum atomic E-state index is 10.7. The molecule has 0 aliphatic heterocycles.